The Morgan fingerprint density at radius 3 is 2.35 bits per heavy atom. The summed E-state index contributed by atoms with van der Waals surface area (Å²) in [5.41, 5.74) is 8.66. The summed E-state index contributed by atoms with van der Waals surface area (Å²) >= 11 is 0. The second kappa shape index (κ2) is 5.15. The quantitative estimate of drug-likeness (QED) is 0.847. The van der Waals surface area contributed by atoms with E-state index in [-0.39, 0.29) is 6.04 Å². The van der Waals surface area contributed by atoms with Crippen molar-refractivity contribution in [2.24, 2.45) is 5.73 Å². The SMILES string of the molecule is CC(C)c1ccc(C(N)Cc2ncc[nH]2)cc1. The van der Waals surface area contributed by atoms with Crippen LogP contribution in [0.5, 0.6) is 0 Å². The van der Waals surface area contributed by atoms with Gasteiger partial charge in [-0.15, -0.1) is 0 Å². The lowest BCUT2D eigenvalue weighted by molar-refractivity contribution is 0.693. The molecule has 3 N–H and O–H groups in total. The molecule has 0 aliphatic heterocycles. The van der Waals surface area contributed by atoms with Gasteiger partial charge >= 0.3 is 0 Å². The minimum atomic E-state index is 0.00219. The number of hydrogen-bond donors (Lipinski definition) is 2. The van der Waals surface area contributed by atoms with Crippen molar-refractivity contribution in [3.05, 3.63) is 53.6 Å². The number of aromatic nitrogens is 2. The maximum absolute atomic E-state index is 6.15. The molecule has 0 bridgehead atoms. The van der Waals surface area contributed by atoms with Gasteiger partial charge in [0, 0.05) is 24.9 Å². The Morgan fingerprint density at radius 2 is 1.82 bits per heavy atom. The molecule has 0 saturated carbocycles. The summed E-state index contributed by atoms with van der Waals surface area (Å²) in [5, 5.41) is 0. The molecule has 0 aliphatic rings. The zero-order valence-corrected chi connectivity index (χ0v) is 10.4. The molecular weight excluding hydrogens is 210 g/mol. The Bertz CT molecular complexity index is 443. The first-order valence-corrected chi connectivity index (χ1v) is 6.00. The smallest absolute Gasteiger partial charge is 0.107 e. The van der Waals surface area contributed by atoms with Gasteiger partial charge in [-0.2, -0.15) is 0 Å². The van der Waals surface area contributed by atoms with E-state index >= 15 is 0 Å². The zero-order valence-electron chi connectivity index (χ0n) is 10.4. The number of rotatable bonds is 4. The first-order chi connectivity index (χ1) is 8.16. The minimum absolute atomic E-state index is 0.00219. The Kier molecular flexibility index (Phi) is 3.59. The van der Waals surface area contributed by atoms with Crippen LogP contribution in [0.2, 0.25) is 0 Å². The van der Waals surface area contributed by atoms with Crippen molar-refractivity contribution >= 4 is 0 Å². The van der Waals surface area contributed by atoms with Gasteiger partial charge in [0.25, 0.3) is 0 Å². The van der Waals surface area contributed by atoms with Gasteiger partial charge in [-0.1, -0.05) is 38.1 Å². The largest absolute Gasteiger partial charge is 0.349 e. The molecule has 0 aliphatic carbocycles. The van der Waals surface area contributed by atoms with Gasteiger partial charge < -0.3 is 10.7 Å². The number of benzene rings is 1. The molecule has 3 heteroatoms. The summed E-state index contributed by atoms with van der Waals surface area (Å²) in [6, 6.07) is 8.54. The number of nitrogens with zero attached hydrogens (tertiary/aromatic N) is 1. The summed E-state index contributed by atoms with van der Waals surface area (Å²) in [5.74, 6) is 1.50. The second-order valence-electron chi connectivity index (χ2n) is 4.67. The van der Waals surface area contributed by atoms with Crippen LogP contribution in [-0.2, 0) is 6.42 Å². The van der Waals surface area contributed by atoms with E-state index in [1.807, 2.05) is 6.20 Å². The fourth-order valence-corrected chi connectivity index (χ4v) is 1.86. The van der Waals surface area contributed by atoms with Gasteiger partial charge in [-0.25, -0.2) is 4.98 Å². The molecule has 0 amide bonds. The highest BCUT2D eigenvalue weighted by molar-refractivity contribution is 5.27. The maximum atomic E-state index is 6.15. The lowest BCUT2D eigenvalue weighted by Crippen LogP contribution is -2.14. The number of aromatic amines is 1. The highest BCUT2D eigenvalue weighted by Gasteiger charge is 2.09. The van der Waals surface area contributed by atoms with E-state index in [0.29, 0.717) is 5.92 Å². The molecule has 0 spiro atoms. The van der Waals surface area contributed by atoms with Gasteiger partial charge in [0.05, 0.1) is 0 Å². The molecule has 2 rings (SSSR count). The van der Waals surface area contributed by atoms with Crippen LogP contribution in [0.1, 0.15) is 42.8 Å². The first kappa shape index (κ1) is 11.9. The van der Waals surface area contributed by atoms with Crippen LogP contribution in [0.25, 0.3) is 0 Å². The summed E-state index contributed by atoms with van der Waals surface area (Å²) < 4.78 is 0. The molecule has 90 valence electrons. The lowest BCUT2D eigenvalue weighted by atomic mass is 9.98. The number of imidazole rings is 1. The maximum Gasteiger partial charge on any atom is 0.107 e. The van der Waals surface area contributed by atoms with Crippen LogP contribution < -0.4 is 5.73 Å². The predicted molar refractivity (Wildman–Crippen MR) is 69.8 cm³/mol. The van der Waals surface area contributed by atoms with Crippen molar-refractivity contribution in [3.63, 3.8) is 0 Å². The summed E-state index contributed by atoms with van der Waals surface area (Å²) in [6.45, 7) is 4.38. The summed E-state index contributed by atoms with van der Waals surface area (Å²) in [4.78, 5) is 7.27. The van der Waals surface area contributed by atoms with E-state index < -0.39 is 0 Å². The molecule has 0 saturated heterocycles. The fraction of sp³-hybridized carbons (Fsp3) is 0.357. The monoisotopic (exact) mass is 229 g/mol. The van der Waals surface area contributed by atoms with Gasteiger partial charge in [0.1, 0.15) is 5.82 Å². The number of H-pyrrole nitrogens is 1. The van der Waals surface area contributed by atoms with Gasteiger partial charge in [0.15, 0.2) is 0 Å². The highest BCUT2D eigenvalue weighted by Crippen LogP contribution is 2.19. The molecule has 1 unspecified atom stereocenters. The van der Waals surface area contributed by atoms with Gasteiger partial charge in [-0.3, -0.25) is 0 Å². The molecular formula is C14H19N3. The predicted octanol–water partition coefficient (Wildman–Crippen LogP) is 2.78. The Hall–Kier alpha value is -1.61. The summed E-state index contributed by atoms with van der Waals surface area (Å²) in [7, 11) is 0. The molecule has 1 aromatic heterocycles. The van der Waals surface area contributed by atoms with E-state index in [1.54, 1.807) is 6.20 Å². The van der Waals surface area contributed by atoms with Crippen LogP contribution >= 0.6 is 0 Å². The van der Waals surface area contributed by atoms with Gasteiger partial charge in [-0.05, 0) is 17.0 Å². The summed E-state index contributed by atoms with van der Waals surface area (Å²) in [6.07, 6.45) is 4.32. The van der Waals surface area contributed by atoms with Crippen LogP contribution in [0.4, 0.5) is 0 Å². The van der Waals surface area contributed by atoms with Crippen molar-refractivity contribution in [1.82, 2.24) is 9.97 Å². The molecule has 1 atom stereocenters. The molecule has 1 heterocycles. The molecule has 1 aromatic carbocycles. The van der Waals surface area contributed by atoms with E-state index in [0.717, 1.165) is 17.8 Å². The van der Waals surface area contributed by atoms with Crippen LogP contribution in [0, 0.1) is 0 Å². The molecule has 0 radical (unpaired) electrons. The lowest BCUT2D eigenvalue weighted by Gasteiger charge is -2.12. The highest BCUT2D eigenvalue weighted by atomic mass is 14.9. The molecule has 17 heavy (non-hydrogen) atoms. The molecule has 3 nitrogen and oxygen atoms in total. The standard InChI is InChI=1S/C14H19N3/c1-10(2)11-3-5-12(6-4-11)13(15)9-14-16-7-8-17-14/h3-8,10,13H,9,15H2,1-2H3,(H,16,17). The number of nitrogens with one attached hydrogen (secondary N) is 1. The Labute approximate surface area is 102 Å². The van der Waals surface area contributed by atoms with Crippen molar-refractivity contribution in [2.45, 2.75) is 32.2 Å². The topological polar surface area (TPSA) is 54.7 Å². The Morgan fingerprint density at radius 1 is 1.18 bits per heavy atom. The van der Waals surface area contributed by atoms with E-state index in [9.17, 15) is 0 Å². The Balaban J connectivity index is 2.06. The van der Waals surface area contributed by atoms with E-state index in [4.69, 9.17) is 5.73 Å². The molecule has 0 fully saturated rings. The third kappa shape index (κ3) is 2.94. The van der Waals surface area contributed by atoms with Crippen molar-refractivity contribution in [1.29, 1.82) is 0 Å². The number of hydrogen-bond acceptors (Lipinski definition) is 2. The van der Waals surface area contributed by atoms with Crippen molar-refractivity contribution in [3.8, 4) is 0 Å². The van der Waals surface area contributed by atoms with Crippen LogP contribution in [0.3, 0.4) is 0 Å². The minimum Gasteiger partial charge on any atom is -0.349 e. The van der Waals surface area contributed by atoms with Crippen LogP contribution in [-0.4, -0.2) is 9.97 Å². The van der Waals surface area contributed by atoms with E-state index in [1.165, 1.54) is 5.56 Å². The first-order valence-electron chi connectivity index (χ1n) is 6.00. The van der Waals surface area contributed by atoms with Gasteiger partial charge in [0.2, 0.25) is 0 Å². The fourth-order valence-electron chi connectivity index (χ4n) is 1.86. The number of nitrogens with two attached hydrogens (primary N) is 1. The normalized spacial score (nSPS) is 12.9. The third-order valence-corrected chi connectivity index (χ3v) is 3.00. The van der Waals surface area contributed by atoms with E-state index in [2.05, 4.69) is 48.1 Å². The average Bonchev–Trinajstić information content (AvgIpc) is 2.82. The average molecular weight is 229 g/mol. The van der Waals surface area contributed by atoms with Crippen LogP contribution in [0.15, 0.2) is 36.7 Å². The second-order valence-corrected chi connectivity index (χ2v) is 4.67. The zero-order chi connectivity index (χ0) is 12.3. The van der Waals surface area contributed by atoms with Crippen molar-refractivity contribution < 1.29 is 0 Å². The van der Waals surface area contributed by atoms with Crippen molar-refractivity contribution in [2.75, 3.05) is 0 Å². The molecule has 2 aromatic rings. The third-order valence-electron chi connectivity index (χ3n) is 3.00.